The van der Waals surface area contributed by atoms with E-state index in [9.17, 15) is 4.79 Å². The van der Waals surface area contributed by atoms with E-state index >= 15 is 0 Å². The summed E-state index contributed by atoms with van der Waals surface area (Å²) in [5.41, 5.74) is 4.32. The Morgan fingerprint density at radius 3 is 2.71 bits per heavy atom. The van der Waals surface area contributed by atoms with Gasteiger partial charge in [0, 0.05) is 12.8 Å². The first-order chi connectivity index (χ1) is 8.33. The summed E-state index contributed by atoms with van der Waals surface area (Å²) in [7, 11) is 0. The summed E-state index contributed by atoms with van der Waals surface area (Å²) in [5, 5.41) is 0. The Hall–Kier alpha value is -1.37. The summed E-state index contributed by atoms with van der Waals surface area (Å²) in [6, 6.07) is 6.88. The number of allylic oxidation sites excluding steroid dienone is 1. The molecule has 1 aromatic carbocycles. The van der Waals surface area contributed by atoms with Gasteiger partial charge in [0.2, 0.25) is 0 Å². The highest BCUT2D eigenvalue weighted by molar-refractivity contribution is 5.79. The molecule has 0 aromatic heterocycles. The molecule has 0 bridgehead atoms. The van der Waals surface area contributed by atoms with Crippen LogP contribution in [0.15, 0.2) is 24.3 Å². The summed E-state index contributed by atoms with van der Waals surface area (Å²) in [5.74, 6) is 1.06. The molecular weight excluding hydrogens is 208 g/mol. The first-order valence-electron chi connectivity index (χ1n) is 6.64. The molecule has 1 nitrogen and oxygen atoms in total. The van der Waals surface area contributed by atoms with E-state index in [4.69, 9.17) is 0 Å². The van der Waals surface area contributed by atoms with E-state index in [1.165, 1.54) is 29.5 Å². The smallest absolute Gasteiger partial charge is 0.132 e. The molecule has 2 aliphatic rings. The van der Waals surface area contributed by atoms with Gasteiger partial charge in [-0.15, -0.1) is 0 Å². The van der Waals surface area contributed by atoms with Crippen LogP contribution in [0.1, 0.15) is 54.7 Å². The maximum Gasteiger partial charge on any atom is 0.132 e. The number of fused-ring (bicyclic) bond motifs is 1. The van der Waals surface area contributed by atoms with Crippen LogP contribution >= 0.6 is 0 Å². The fraction of sp³-hybridized carbons (Fsp3) is 0.438. The van der Waals surface area contributed by atoms with Gasteiger partial charge in [-0.25, -0.2) is 0 Å². The van der Waals surface area contributed by atoms with Crippen molar-refractivity contribution < 1.29 is 4.79 Å². The summed E-state index contributed by atoms with van der Waals surface area (Å²) in [6.45, 7) is 0. The zero-order valence-corrected chi connectivity index (χ0v) is 10.1. The highest BCUT2D eigenvalue weighted by Gasteiger charge is 2.20. The Balaban J connectivity index is 1.84. The van der Waals surface area contributed by atoms with E-state index in [0.29, 0.717) is 11.7 Å². The van der Waals surface area contributed by atoms with Gasteiger partial charge in [0.15, 0.2) is 0 Å². The van der Waals surface area contributed by atoms with E-state index in [1.54, 1.807) is 0 Å². The Kier molecular flexibility index (Phi) is 2.84. The van der Waals surface area contributed by atoms with Gasteiger partial charge < -0.3 is 0 Å². The molecule has 0 saturated heterocycles. The molecule has 0 aliphatic heterocycles. The average Bonchev–Trinajstić information content (AvgIpc) is 2.39. The Labute approximate surface area is 103 Å². The zero-order valence-electron chi connectivity index (χ0n) is 10.1. The highest BCUT2D eigenvalue weighted by Crippen LogP contribution is 2.33. The standard InChI is InChI=1S/C16H18O/c17-16-9-7-13(8-10-16)15-6-5-12-3-1-2-4-14(12)11-15/h1,3,5-6,11,13H,2,4,7-10H2. The van der Waals surface area contributed by atoms with Gasteiger partial charge in [-0.2, -0.15) is 0 Å². The number of aryl methyl sites for hydroxylation is 1. The van der Waals surface area contributed by atoms with Crippen molar-refractivity contribution in [1.82, 2.24) is 0 Å². The number of hydrogen-bond acceptors (Lipinski definition) is 1. The number of ketones is 1. The minimum atomic E-state index is 0.446. The zero-order chi connectivity index (χ0) is 11.7. The molecule has 0 N–H and O–H groups in total. The number of carbonyl (C=O) groups is 1. The van der Waals surface area contributed by atoms with E-state index in [1.807, 2.05) is 0 Å². The second-order valence-corrected chi connectivity index (χ2v) is 5.21. The van der Waals surface area contributed by atoms with Gasteiger partial charge in [-0.05, 0) is 48.3 Å². The van der Waals surface area contributed by atoms with Crippen LogP contribution in [0, 0.1) is 0 Å². The number of benzene rings is 1. The van der Waals surface area contributed by atoms with Crippen LogP contribution in [0.4, 0.5) is 0 Å². The molecule has 0 amide bonds. The third kappa shape index (κ3) is 2.19. The lowest BCUT2D eigenvalue weighted by molar-refractivity contribution is -0.120. The first kappa shape index (κ1) is 10.8. The minimum absolute atomic E-state index is 0.446. The predicted molar refractivity (Wildman–Crippen MR) is 70.0 cm³/mol. The Morgan fingerprint density at radius 1 is 1.06 bits per heavy atom. The molecule has 1 fully saturated rings. The highest BCUT2D eigenvalue weighted by atomic mass is 16.1. The summed E-state index contributed by atoms with van der Waals surface area (Å²) < 4.78 is 0. The molecule has 17 heavy (non-hydrogen) atoms. The lowest BCUT2D eigenvalue weighted by Crippen LogP contribution is -2.12. The lowest BCUT2D eigenvalue weighted by Gasteiger charge is -2.23. The molecule has 3 rings (SSSR count). The van der Waals surface area contributed by atoms with E-state index in [2.05, 4.69) is 30.4 Å². The van der Waals surface area contributed by atoms with Crippen LogP contribution in [-0.4, -0.2) is 5.78 Å². The van der Waals surface area contributed by atoms with Crippen LogP contribution < -0.4 is 0 Å². The van der Waals surface area contributed by atoms with Crippen molar-refractivity contribution in [2.24, 2.45) is 0 Å². The van der Waals surface area contributed by atoms with E-state index in [-0.39, 0.29) is 0 Å². The maximum absolute atomic E-state index is 11.3. The molecule has 0 heterocycles. The van der Waals surface area contributed by atoms with Gasteiger partial charge in [0.25, 0.3) is 0 Å². The number of hydrogen-bond donors (Lipinski definition) is 0. The largest absolute Gasteiger partial charge is 0.300 e. The van der Waals surface area contributed by atoms with Crippen LogP contribution in [0.25, 0.3) is 6.08 Å². The number of carbonyl (C=O) groups excluding carboxylic acids is 1. The van der Waals surface area contributed by atoms with Crippen LogP contribution in [-0.2, 0) is 11.2 Å². The quantitative estimate of drug-likeness (QED) is 0.710. The number of rotatable bonds is 1. The first-order valence-corrected chi connectivity index (χ1v) is 6.64. The van der Waals surface area contributed by atoms with Crippen molar-refractivity contribution in [2.75, 3.05) is 0 Å². The summed E-state index contributed by atoms with van der Waals surface area (Å²) in [4.78, 5) is 11.3. The normalized spacial score (nSPS) is 20.4. The molecule has 1 saturated carbocycles. The molecule has 88 valence electrons. The SMILES string of the molecule is O=C1CCC(c2ccc3c(c2)CCC=C3)CC1. The average molecular weight is 226 g/mol. The molecule has 0 atom stereocenters. The van der Waals surface area contributed by atoms with Crippen molar-refractivity contribution in [3.05, 3.63) is 41.0 Å². The second-order valence-electron chi connectivity index (χ2n) is 5.21. The monoisotopic (exact) mass is 226 g/mol. The Morgan fingerprint density at radius 2 is 1.88 bits per heavy atom. The predicted octanol–water partition coefficient (Wildman–Crippen LogP) is 3.87. The van der Waals surface area contributed by atoms with Gasteiger partial charge >= 0.3 is 0 Å². The van der Waals surface area contributed by atoms with Crippen molar-refractivity contribution in [2.45, 2.75) is 44.4 Å². The molecule has 0 unspecified atom stereocenters. The van der Waals surface area contributed by atoms with Crippen molar-refractivity contribution in [3.8, 4) is 0 Å². The molecular formula is C16H18O. The second kappa shape index (κ2) is 4.48. The maximum atomic E-state index is 11.3. The van der Waals surface area contributed by atoms with Crippen LogP contribution in [0.2, 0.25) is 0 Å². The van der Waals surface area contributed by atoms with Gasteiger partial charge in [0.05, 0.1) is 0 Å². The minimum Gasteiger partial charge on any atom is -0.300 e. The van der Waals surface area contributed by atoms with Crippen molar-refractivity contribution in [1.29, 1.82) is 0 Å². The molecule has 1 aromatic rings. The third-order valence-corrected chi connectivity index (χ3v) is 4.06. The fourth-order valence-electron chi connectivity index (χ4n) is 2.98. The van der Waals surface area contributed by atoms with Crippen LogP contribution in [0.3, 0.4) is 0 Å². The Bertz CT molecular complexity index is 460. The van der Waals surface area contributed by atoms with Gasteiger partial charge in [0.1, 0.15) is 5.78 Å². The summed E-state index contributed by atoms with van der Waals surface area (Å²) >= 11 is 0. The molecule has 2 aliphatic carbocycles. The topological polar surface area (TPSA) is 17.1 Å². The van der Waals surface area contributed by atoms with E-state index < -0.39 is 0 Å². The third-order valence-electron chi connectivity index (χ3n) is 4.06. The molecule has 0 spiro atoms. The van der Waals surface area contributed by atoms with E-state index in [0.717, 1.165) is 25.7 Å². The van der Waals surface area contributed by atoms with Crippen molar-refractivity contribution >= 4 is 11.9 Å². The molecule has 0 radical (unpaired) electrons. The molecule has 1 heteroatoms. The van der Waals surface area contributed by atoms with Gasteiger partial charge in [-0.3, -0.25) is 4.79 Å². The number of Topliss-reactive ketones (excluding diaryl/α,β-unsaturated/α-hetero) is 1. The summed E-state index contributed by atoms with van der Waals surface area (Å²) in [6.07, 6.45) is 10.5. The van der Waals surface area contributed by atoms with Crippen LogP contribution in [0.5, 0.6) is 0 Å². The van der Waals surface area contributed by atoms with Crippen molar-refractivity contribution in [3.63, 3.8) is 0 Å². The lowest BCUT2D eigenvalue weighted by atomic mass is 9.82. The fourth-order valence-corrected chi connectivity index (χ4v) is 2.98. The van der Waals surface area contributed by atoms with Gasteiger partial charge in [-0.1, -0.05) is 30.4 Å².